The molecule has 0 spiro atoms. The molecule has 4 rings (SSSR count). The fourth-order valence-electron chi connectivity index (χ4n) is 2.57. The highest BCUT2D eigenvalue weighted by atomic mass is 35.5. The first-order valence-corrected chi connectivity index (χ1v) is 9.37. The first-order chi connectivity index (χ1) is 12.9. The normalized spacial score (nSPS) is 11.1. The number of carbonyl (C=O) groups is 1. The summed E-state index contributed by atoms with van der Waals surface area (Å²) in [6, 6.07) is 10.7. The third-order valence-electron chi connectivity index (χ3n) is 3.77. The Morgan fingerprint density at radius 3 is 2.78 bits per heavy atom. The summed E-state index contributed by atoms with van der Waals surface area (Å²) >= 11 is 13.3. The molecule has 2 heterocycles. The van der Waals surface area contributed by atoms with Crippen LogP contribution in [-0.4, -0.2) is 20.7 Å². The van der Waals surface area contributed by atoms with Gasteiger partial charge >= 0.3 is 0 Å². The monoisotopic (exact) mass is 420 g/mol. The van der Waals surface area contributed by atoms with Crippen LogP contribution < -0.4 is 5.32 Å². The van der Waals surface area contributed by atoms with E-state index in [9.17, 15) is 9.18 Å². The van der Waals surface area contributed by atoms with Crippen molar-refractivity contribution in [2.75, 3.05) is 5.32 Å². The van der Waals surface area contributed by atoms with Crippen molar-refractivity contribution in [3.05, 3.63) is 69.6 Å². The molecule has 0 unspecified atom stereocenters. The van der Waals surface area contributed by atoms with Crippen LogP contribution in [0.2, 0.25) is 10.0 Å². The molecule has 2 aromatic heterocycles. The smallest absolute Gasteiger partial charge is 0.258 e. The van der Waals surface area contributed by atoms with Gasteiger partial charge in [0.05, 0.1) is 26.5 Å². The van der Waals surface area contributed by atoms with Crippen LogP contribution in [0.1, 0.15) is 16.1 Å². The maximum Gasteiger partial charge on any atom is 0.258 e. The molecule has 4 aromatic rings. The largest absolute Gasteiger partial charge is 0.306 e. The van der Waals surface area contributed by atoms with Gasteiger partial charge in [-0.15, -0.1) is 0 Å². The predicted molar refractivity (Wildman–Crippen MR) is 106 cm³/mol. The molecule has 1 amide bonds. The van der Waals surface area contributed by atoms with Crippen LogP contribution in [0.5, 0.6) is 0 Å². The number of thiazole rings is 1. The van der Waals surface area contributed by atoms with Crippen molar-refractivity contribution in [2.24, 2.45) is 0 Å². The van der Waals surface area contributed by atoms with Crippen LogP contribution >= 0.6 is 34.5 Å². The Balaban J connectivity index is 1.71. The average Bonchev–Trinajstić information content (AvgIpc) is 3.17. The van der Waals surface area contributed by atoms with E-state index in [1.165, 1.54) is 34.2 Å². The van der Waals surface area contributed by atoms with Gasteiger partial charge in [0.25, 0.3) is 5.91 Å². The second-order valence-corrected chi connectivity index (χ2v) is 7.62. The number of hydrogen-bond acceptors (Lipinski definition) is 4. The zero-order chi connectivity index (χ0) is 19.1. The number of carbonyl (C=O) groups excluding carboxylic acids is 1. The fourth-order valence-corrected chi connectivity index (χ4v) is 4.02. The van der Waals surface area contributed by atoms with E-state index in [-0.39, 0.29) is 16.4 Å². The van der Waals surface area contributed by atoms with E-state index in [0.717, 1.165) is 0 Å². The number of benzene rings is 2. The van der Waals surface area contributed by atoms with E-state index >= 15 is 0 Å². The summed E-state index contributed by atoms with van der Waals surface area (Å²) in [6.07, 6.45) is 0. The summed E-state index contributed by atoms with van der Waals surface area (Å²) < 4.78 is 15.6. The zero-order valence-electron chi connectivity index (χ0n) is 13.8. The molecule has 2 aromatic carbocycles. The second kappa shape index (κ2) is 6.92. The van der Waals surface area contributed by atoms with Crippen molar-refractivity contribution in [3.8, 4) is 5.13 Å². The number of fused-ring (bicyclic) bond motifs is 1. The third-order valence-corrected chi connectivity index (χ3v) is 5.31. The minimum atomic E-state index is -0.398. The van der Waals surface area contributed by atoms with Gasteiger partial charge in [0.2, 0.25) is 5.13 Å². The molecule has 0 aliphatic rings. The maximum atomic E-state index is 13.4. The van der Waals surface area contributed by atoms with Crippen molar-refractivity contribution in [3.63, 3.8) is 0 Å². The van der Waals surface area contributed by atoms with E-state index in [0.29, 0.717) is 31.9 Å². The fraction of sp³-hybridized carbons (Fsp3) is 0.0556. The standard InChI is InChI=1S/C18H11Cl2FN4OS/c1-9-6-16(23-17(26)12-4-2-10(19)7-13(12)20)25(24-9)18-22-14-5-3-11(21)8-15(14)27-18/h2-8H,1H3,(H,23,26). The minimum absolute atomic E-state index is 0.248. The lowest BCUT2D eigenvalue weighted by molar-refractivity contribution is 0.102. The Bertz CT molecular complexity index is 1190. The van der Waals surface area contributed by atoms with Crippen LogP contribution in [-0.2, 0) is 0 Å². The summed E-state index contributed by atoms with van der Waals surface area (Å²) in [4.78, 5) is 17.1. The molecule has 0 aliphatic carbocycles. The quantitative estimate of drug-likeness (QED) is 0.476. The Hall–Kier alpha value is -2.48. The molecule has 27 heavy (non-hydrogen) atoms. The number of nitrogens with zero attached hydrogens (tertiary/aromatic N) is 3. The number of hydrogen-bond donors (Lipinski definition) is 1. The molecule has 9 heteroatoms. The molecule has 0 fully saturated rings. The topological polar surface area (TPSA) is 59.8 Å². The minimum Gasteiger partial charge on any atom is -0.306 e. The summed E-state index contributed by atoms with van der Waals surface area (Å²) in [5, 5.41) is 8.38. The summed E-state index contributed by atoms with van der Waals surface area (Å²) in [6.45, 7) is 1.80. The van der Waals surface area contributed by atoms with Gasteiger partial charge in [-0.1, -0.05) is 34.5 Å². The Morgan fingerprint density at radius 2 is 2.00 bits per heavy atom. The molecule has 0 saturated heterocycles. The molecule has 0 radical (unpaired) electrons. The predicted octanol–water partition coefficient (Wildman–Crippen LogP) is 5.49. The van der Waals surface area contributed by atoms with E-state index in [1.54, 1.807) is 31.2 Å². The van der Waals surface area contributed by atoms with Gasteiger partial charge in [-0.05, 0) is 43.3 Å². The van der Waals surface area contributed by atoms with Crippen LogP contribution in [0.4, 0.5) is 10.2 Å². The Labute approximate surface area is 167 Å². The number of amides is 1. The molecule has 0 saturated carbocycles. The molecule has 136 valence electrons. The van der Waals surface area contributed by atoms with Crippen LogP contribution in [0.25, 0.3) is 15.3 Å². The van der Waals surface area contributed by atoms with Gasteiger partial charge in [-0.25, -0.2) is 9.37 Å². The SMILES string of the molecule is Cc1cc(NC(=O)c2ccc(Cl)cc2Cl)n(-c2nc3ccc(F)cc3s2)n1. The molecule has 1 N–H and O–H groups in total. The molecule has 0 atom stereocenters. The van der Waals surface area contributed by atoms with Gasteiger partial charge in [-0.3, -0.25) is 4.79 Å². The first-order valence-electron chi connectivity index (χ1n) is 7.80. The van der Waals surface area contributed by atoms with E-state index in [2.05, 4.69) is 15.4 Å². The van der Waals surface area contributed by atoms with Crippen LogP contribution in [0.3, 0.4) is 0 Å². The molecular weight excluding hydrogens is 410 g/mol. The van der Waals surface area contributed by atoms with Crippen LogP contribution in [0, 0.1) is 12.7 Å². The zero-order valence-corrected chi connectivity index (χ0v) is 16.2. The maximum absolute atomic E-state index is 13.4. The molecule has 0 aliphatic heterocycles. The van der Waals surface area contributed by atoms with E-state index in [1.807, 2.05) is 0 Å². The van der Waals surface area contributed by atoms with Crippen molar-refractivity contribution in [2.45, 2.75) is 6.92 Å². The average molecular weight is 421 g/mol. The highest BCUT2D eigenvalue weighted by molar-refractivity contribution is 7.20. The second-order valence-electron chi connectivity index (χ2n) is 5.77. The van der Waals surface area contributed by atoms with Gasteiger partial charge < -0.3 is 5.32 Å². The Kier molecular flexibility index (Phi) is 4.59. The highest BCUT2D eigenvalue weighted by Crippen LogP contribution is 2.28. The van der Waals surface area contributed by atoms with Crippen molar-refractivity contribution < 1.29 is 9.18 Å². The number of aromatic nitrogens is 3. The van der Waals surface area contributed by atoms with Gasteiger partial charge in [0.15, 0.2) is 0 Å². The van der Waals surface area contributed by atoms with Crippen molar-refractivity contribution in [1.29, 1.82) is 0 Å². The highest BCUT2D eigenvalue weighted by Gasteiger charge is 2.17. The summed E-state index contributed by atoms with van der Waals surface area (Å²) in [5.41, 5.74) is 1.64. The lowest BCUT2D eigenvalue weighted by Gasteiger charge is -2.08. The van der Waals surface area contributed by atoms with Crippen LogP contribution in [0.15, 0.2) is 42.5 Å². The molecule has 0 bridgehead atoms. The number of anilines is 1. The first kappa shape index (κ1) is 17.9. The molecular formula is C18H11Cl2FN4OS. The lowest BCUT2D eigenvalue weighted by Crippen LogP contribution is -2.15. The number of nitrogens with one attached hydrogen (secondary N) is 1. The molecule has 5 nitrogen and oxygen atoms in total. The number of halogens is 3. The lowest BCUT2D eigenvalue weighted by atomic mass is 10.2. The summed E-state index contributed by atoms with van der Waals surface area (Å²) in [7, 11) is 0. The van der Waals surface area contributed by atoms with Gasteiger partial charge in [-0.2, -0.15) is 9.78 Å². The number of rotatable bonds is 3. The third kappa shape index (κ3) is 3.53. The number of aryl methyl sites for hydroxylation is 1. The van der Waals surface area contributed by atoms with E-state index in [4.69, 9.17) is 23.2 Å². The van der Waals surface area contributed by atoms with Gasteiger partial charge in [0, 0.05) is 11.1 Å². The van der Waals surface area contributed by atoms with E-state index < -0.39 is 5.91 Å². The van der Waals surface area contributed by atoms with Crippen molar-refractivity contribution >= 4 is 56.5 Å². The van der Waals surface area contributed by atoms with Gasteiger partial charge in [0.1, 0.15) is 11.6 Å². The Morgan fingerprint density at radius 1 is 1.19 bits per heavy atom. The van der Waals surface area contributed by atoms with Crippen molar-refractivity contribution in [1.82, 2.24) is 14.8 Å². The summed E-state index contributed by atoms with van der Waals surface area (Å²) in [5.74, 6) is -0.298.